The van der Waals surface area contributed by atoms with Gasteiger partial charge >= 0.3 is 10.4 Å². The molecule has 220 valence electrons. The molecular weight excluding hydrogens is 578 g/mol. The number of anilines is 2. The number of nitrogens with one attached hydrogen (secondary N) is 1. The number of nitrogens with zero attached hydrogens (tertiary/aromatic N) is 4. The molecule has 6 N–H and O–H groups in total. The Labute approximate surface area is 239 Å². The lowest BCUT2D eigenvalue weighted by Crippen LogP contribution is -2.68. The molecule has 3 aromatic rings. The number of amides is 1. The Morgan fingerprint density at radius 3 is 2.73 bits per heavy atom. The van der Waals surface area contributed by atoms with Gasteiger partial charge in [-0.2, -0.15) is 13.5 Å². The number of Topliss-reactive ketones (excluding diaryl/α,β-unsaturated/α-hetero) is 1. The van der Waals surface area contributed by atoms with Crippen molar-refractivity contribution in [2.75, 3.05) is 37.4 Å². The molecule has 0 bridgehead atoms. The molecule has 0 spiro atoms. The summed E-state index contributed by atoms with van der Waals surface area (Å²) < 4.78 is 41.1. The number of rotatable bonds is 14. The Morgan fingerprint density at radius 1 is 1.29 bits per heavy atom. The summed E-state index contributed by atoms with van der Waals surface area (Å²) in [5.41, 5.74) is 10.1. The first-order valence-electron chi connectivity index (χ1n) is 12.3. The highest BCUT2D eigenvalue weighted by molar-refractivity contribution is 7.80. The van der Waals surface area contributed by atoms with Crippen molar-refractivity contribution in [1.82, 2.24) is 15.0 Å². The number of ether oxygens (including phenoxy) is 1. The highest BCUT2D eigenvalue weighted by Crippen LogP contribution is 2.40. The molecule has 4 rings (SSSR count). The molecule has 1 aromatic carbocycles. The minimum atomic E-state index is -4.92. The van der Waals surface area contributed by atoms with Crippen LogP contribution >= 0.6 is 11.3 Å². The predicted octanol–water partition coefficient (Wildman–Crippen LogP) is 1.37. The van der Waals surface area contributed by atoms with E-state index < -0.39 is 33.5 Å². The maximum absolute atomic E-state index is 13.2. The van der Waals surface area contributed by atoms with Crippen LogP contribution in [0.15, 0.2) is 41.0 Å². The molecule has 17 heteroatoms. The van der Waals surface area contributed by atoms with Crippen molar-refractivity contribution >= 4 is 60.9 Å². The second-order valence-electron chi connectivity index (χ2n) is 9.42. The van der Waals surface area contributed by atoms with Crippen molar-refractivity contribution < 1.29 is 36.4 Å². The van der Waals surface area contributed by atoms with Gasteiger partial charge in [0.25, 0.3) is 5.91 Å². The number of thiazole rings is 1. The summed E-state index contributed by atoms with van der Waals surface area (Å²) in [6, 6.07) is 7.38. The van der Waals surface area contributed by atoms with Gasteiger partial charge in [-0.3, -0.25) is 14.1 Å². The third kappa shape index (κ3) is 7.06. The molecular formula is C24H29N7O8S2. The van der Waals surface area contributed by atoms with E-state index in [0.717, 1.165) is 27.9 Å². The molecule has 1 fully saturated rings. The lowest BCUT2D eigenvalue weighted by Gasteiger charge is -2.50. The van der Waals surface area contributed by atoms with Gasteiger partial charge in [0.05, 0.1) is 11.5 Å². The number of β-lactam (4-membered cyclic amide) rings is 1. The van der Waals surface area contributed by atoms with Crippen LogP contribution < -0.4 is 21.5 Å². The number of aromatic nitrogens is 2. The standard InChI is InChI=1S/C24H29N7O8S2/c1-24(2)17(22(33)31(24)39-41(34,35)36)12-19(32)20(18-13-40-23(26)29-18)30-38-10-9-37-15-3-4-16-14(11-15)5-7-27-21(16)28-8-6-25/h3-5,7,11,13,17H,6,8-10,12,25H2,1-2H3,(H2,26,29)(H,27,28)(H,34,35,36)/b30-20-. The quantitative estimate of drug-likeness (QED) is 0.0669. The molecule has 1 unspecified atom stereocenters. The summed E-state index contributed by atoms with van der Waals surface area (Å²) in [6.07, 6.45) is 1.34. The van der Waals surface area contributed by atoms with Gasteiger partial charge < -0.3 is 26.4 Å². The normalized spacial score (nSPS) is 16.9. The van der Waals surface area contributed by atoms with Crippen LogP contribution in [-0.4, -0.2) is 77.2 Å². The number of fused-ring (bicyclic) bond motifs is 1. The number of benzene rings is 1. The molecule has 0 saturated carbocycles. The van der Waals surface area contributed by atoms with E-state index in [9.17, 15) is 18.0 Å². The van der Waals surface area contributed by atoms with Crippen molar-refractivity contribution in [2.24, 2.45) is 16.8 Å². The fourth-order valence-corrected chi connectivity index (χ4v) is 5.17. The number of oxime groups is 1. The second kappa shape index (κ2) is 12.3. The molecule has 1 amide bonds. The third-order valence-electron chi connectivity index (χ3n) is 6.23. The number of carbonyl (C=O) groups excluding carboxylic acids is 2. The maximum atomic E-state index is 13.2. The second-order valence-corrected chi connectivity index (χ2v) is 11.3. The summed E-state index contributed by atoms with van der Waals surface area (Å²) in [5, 5.41) is 11.2. The number of pyridine rings is 1. The van der Waals surface area contributed by atoms with Gasteiger partial charge in [0.15, 0.2) is 23.2 Å². The van der Waals surface area contributed by atoms with Gasteiger partial charge in [-0.05, 0) is 43.5 Å². The van der Waals surface area contributed by atoms with Crippen LogP contribution in [0.5, 0.6) is 5.75 Å². The zero-order valence-corrected chi connectivity index (χ0v) is 23.8. The smallest absolute Gasteiger partial charge is 0.418 e. The maximum Gasteiger partial charge on any atom is 0.418 e. The van der Waals surface area contributed by atoms with Crippen molar-refractivity contribution in [3.63, 3.8) is 0 Å². The number of hydrogen-bond acceptors (Lipinski definition) is 14. The summed E-state index contributed by atoms with van der Waals surface area (Å²) in [6.45, 7) is 4.14. The van der Waals surface area contributed by atoms with Gasteiger partial charge in [0, 0.05) is 36.5 Å². The first-order valence-corrected chi connectivity index (χ1v) is 14.6. The molecule has 3 heterocycles. The molecule has 0 aliphatic carbocycles. The van der Waals surface area contributed by atoms with Crippen LogP contribution in [0, 0.1) is 5.92 Å². The van der Waals surface area contributed by atoms with Gasteiger partial charge in [-0.1, -0.05) is 5.16 Å². The number of nitrogens with two attached hydrogens (primary N) is 2. The summed E-state index contributed by atoms with van der Waals surface area (Å²) in [5.74, 6) is -1.01. The minimum Gasteiger partial charge on any atom is -0.490 e. The van der Waals surface area contributed by atoms with Gasteiger partial charge in [0.2, 0.25) is 0 Å². The predicted molar refractivity (Wildman–Crippen MR) is 150 cm³/mol. The molecule has 0 radical (unpaired) electrons. The summed E-state index contributed by atoms with van der Waals surface area (Å²) >= 11 is 1.09. The fourth-order valence-electron chi connectivity index (χ4n) is 4.17. The van der Waals surface area contributed by atoms with Crippen LogP contribution in [0.4, 0.5) is 10.9 Å². The summed E-state index contributed by atoms with van der Waals surface area (Å²) in [4.78, 5) is 39.4. The van der Waals surface area contributed by atoms with Crippen molar-refractivity contribution in [3.05, 3.63) is 41.5 Å². The van der Waals surface area contributed by atoms with E-state index in [1.54, 1.807) is 12.3 Å². The fraction of sp³-hybridized carbons (Fsp3) is 0.375. The highest BCUT2D eigenvalue weighted by Gasteiger charge is 2.57. The molecule has 1 aliphatic rings. The highest BCUT2D eigenvalue weighted by atomic mass is 32.3. The van der Waals surface area contributed by atoms with Crippen molar-refractivity contribution in [1.29, 1.82) is 0 Å². The van der Waals surface area contributed by atoms with E-state index in [4.69, 9.17) is 25.6 Å². The molecule has 2 aromatic heterocycles. The minimum absolute atomic E-state index is 0.0160. The van der Waals surface area contributed by atoms with Crippen LogP contribution in [0.3, 0.4) is 0 Å². The molecule has 1 aliphatic heterocycles. The van der Waals surface area contributed by atoms with Crippen molar-refractivity contribution in [2.45, 2.75) is 25.8 Å². The average molecular weight is 608 g/mol. The lowest BCUT2D eigenvalue weighted by atomic mass is 9.74. The van der Waals surface area contributed by atoms with Crippen LogP contribution in [0.25, 0.3) is 10.8 Å². The Morgan fingerprint density at radius 2 is 2.07 bits per heavy atom. The van der Waals surface area contributed by atoms with Gasteiger partial charge in [-0.15, -0.1) is 15.6 Å². The number of ketones is 1. The van der Waals surface area contributed by atoms with Crippen LogP contribution in [0.2, 0.25) is 0 Å². The zero-order chi connectivity index (χ0) is 29.8. The van der Waals surface area contributed by atoms with Gasteiger partial charge in [-0.25, -0.2) is 9.97 Å². The topological polar surface area (TPSA) is 222 Å². The molecule has 1 saturated heterocycles. The Kier molecular flexibility index (Phi) is 9.03. The van der Waals surface area contributed by atoms with E-state index >= 15 is 0 Å². The molecule has 15 nitrogen and oxygen atoms in total. The molecule has 1 atom stereocenters. The SMILES string of the molecule is CC1(C)C(CC(=O)/C(=N\OCCOc2ccc3c(NCCN)nccc3c2)c2csc(N)n2)C(=O)N1OS(=O)(=O)O. The lowest BCUT2D eigenvalue weighted by molar-refractivity contribution is -0.228. The van der Waals surface area contributed by atoms with E-state index in [1.165, 1.54) is 19.2 Å². The van der Waals surface area contributed by atoms with E-state index in [-0.39, 0.29) is 36.2 Å². The summed E-state index contributed by atoms with van der Waals surface area (Å²) in [7, 11) is -4.92. The average Bonchev–Trinajstić information content (AvgIpc) is 3.35. The third-order valence-corrected chi connectivity index (χ3v) is 7.24. The van der Waals surface area contributed by atoms with Crippen LogP contribution in [0.1, 0.15) is 26.0 Å². The first-order chi connectivity index (χ1) is 19.4. The Bertz CT molecular complexity index is 1570. The van der Waals surface area contributed by atoms with Crippen LogP contribution in [-0.2, 0) is 29.1 Å². The largest absolute Gasteiger partial charge is 0.490 e. The first kappa shape index (κ1) is 30.1. The number of hydroxylamine groups is 2. The molecule has 41 heavy (non-hydrogen) atoms. The monoisotopic (exact) mass is 607 g/mol. The Balaban J connectivity index is 1.39. The number of nitrogen functional groups attached to an aromatic ring is 1. The zero-order valence-electron chi connectivity index (χ0n) is 22.1. The number of carbonyl (C=O) groups is 2. The van der Waals surface area contributed by atoms with E-state index in [0.29, 0.717) is 23.9 Å². The van der Waals surface area contributed by atoms with Gasteiger partial charge in [0.1, 0.15) is 23.9 Å². The van der Waals surface area contributed by atoms with E-state index in [1.807, 2.05) is 18.2 Å². The van der Waals surface area contributed by atoms with Crippen molar-refractivity contribution in [3.8, 4) is 5.75 Å². The van der Waals surface area contributed by atoms with E-state index in [2.05, 4.69) is 24.7 Å². The Hall–Kier alpha value is -3.90. The number of hydrogen-bond donors (Lipinski definition) is 4.